The molecule has 0 bridgehead atoms. The van der Waals surface area contributed by atoms with Gasteiger partial charge in [0.25, 0.3) is 5.91 Å². The fraction of sp³-hybridized carbons (Fsp3) is 0.676. The molecule has 2 heterocycles. The van der Waals surface area contributed by atoms with Crippen LogP contribution in [0.15, 0.2) is 0 Å². The number of rotatable bonds is 28. The maximum Gasteiger partial charge on any atom is 0.251 e. The van der Waals surface area contributed by atoms with Crippen LogP contribution in [0.4, 0.5) is 0 Å². The molecule has 2 rings (SSSR count). The van der Waals surface area contributed by atoms with Gasteiger partial charge in [-0.15, -0.1) is 6.42 Å². The zero-order valence-electron chi connectivity index (χ0n) is 55.6. The molecule has 13 nitrogen and oxygen atoms in total. The first-order chi connectivity index (χ1) is 40.7. The molecular weight excluding hydrogens is 1140 g/mol. The SMILES string of the molecule is C#CC#CC#CC#CC#CC#CC#CC#CC#CC#CC#C[C@H]1OC(C)(C)O[C@H]1[C@@H](O[Si](C)(C)C(C)(C)C)C(=O)N[C@@H](COC1OC(CO)C(O)C(O)C1O)[C@H](O[Si](C)(C)C(C)(C)C)[C@@H](CCCCCCCCCCCCCC)O[Si](C)(C)C(C)(C)C. The molecule has 0 saturated carbocycles. The number of terminal acetylenes is 1. The van der Waals surface area contributed by atoms with Crippen molar-refractivity contribution in [2.75, 3.05) is 13.2 Å². The number of unbranched alkanes of at least 4 members (excludes halogenated alkanes) is 11. The summed E-state index contributed by atoms with van der Waals surface area (Å²) in [5.41, 5.74) is 0. The van der Waals surface area contributed by atoms with Crippen molar-refractivity contribution in [3.63, 3.8) is 0 Å². The molecule has 0 aliphatic carbocycles. The Balaban J connectivity index is 2.79. The monoisotopic (exact) mass is 1240 g/mol. The zero-order chi connectivity index (χ0) is 65.5. The molecule has 2 saturated heterocycles. The van der Waals surface area contributed by atoms with Crippen molar-refractivity contribution in [2.24, 2.45) is 0 Å². The van der Waals surface area contributed by atoms with Gasteiger partial charge in [0.2, 0.25) is 0 Å². The Labute approximate surface area is 528 Å². The Morgan fingerprint density at radius 3 is 1.39 bits per heavy atom. The molecule has 0 aromatic heterocycles. The van der Waals surface area contributed by atoms with E-state index in [0.717, 1.165) is 25.7 Å². The van der Waals surface area contributed by atoms with Crippen molar-refractivity contribution in [1.82, 2.24) is 5.32 Å². The molecule has 0 aromatic rings. The minimum Gasteiger partial charge on any atom is -0.411 e. The number of carbonyl (C=O) groups is 1. The normalized spacial score (nSPS) is 21.1. The Bertz CT molecular complexity index is 2930. The predicted molar refractivity (Wildman–Crippen MR) is 354 cm³/mol. The number of ether oxygens (including phenoxy) is 4. The molecule has 87 heavy (non-hydrogen) atoms. The van der Waals surface area contributed by atoms with Crippen LogP contribution in [0.3, 0.4) is 0 Å². The van der Waals surface area contributed by atoms with Crippen LogP contribution in [0.5, 0.6) is 0 Å². The second-order valence-corrected chi connectivity index (χ2v) is 41.3. The highest BCUT2D eigenvalue weighted by atomic mass is 28.4. The van der Waals surface area contributed by atoms with Gasteiger partial charge in [-0.25, -0.2) is 0 Å². The molecule has 16 heteroatoms. The number of aliphatic hydroxyl groups is 4. The summed E-state index contributed by atoms with van der Waals surface area (Å²) in [6.45, 7) is 36.9. The summed E-state index contributed by atoms with van der Waals surface area (Å²) >= 11 is 0. The number of aliphatic hydroxyl groups excluding tert-OH is 4. The Kier molecular flexibility index (Phi) is 33.8. The van der Waals surface area contributed by atoms with Gasteiger partial charge >= 0.3 is 0 Å². The molecule has 11 atom stereocenters. The van der Waals surface area contributed by atoms with Gasteiger partial charge in [0.1, 0.15) is 30.5 Å². The molecule has 0 spiro atoms. The van der Waals surface area contributed by atoms with Crippen LogP contribution in [-0.2, 0) is 37.0 Å². The van der Waals surface area contributed by atoms with E-state index in [4.69, 9.17) is 38.6 Å². The third-order valence-corrected chi connectivity index (χ3v) is 30.0. The quantitative estimate of drug-likeness (QED) is 0.0286. The third-order valence-electron chi connectivity index (χ3n) is 16.5. The van der Waals surface area contributed by atoms with Crippen molar-refractivity contribution in [3.05, 3.63) is 0 Å². The van der Waals surface area contributed by atoms with Crippen LogP contribution in [0, 0.1) is 131 Å². The lowest BCUT2D eigenvalue weighted by atomic mass is 9.98. The van der Waals surface area contributed by atoms with Crippen molar-refractivity contribution in [3.8, 4) is 131 Å². The molecule has 2 aliphatic heterocycles. The third kappa shape index (κ3) is 28.1. The molecule has 2 fully saturated rings. The number of hydrogen-bond donors (Lipinski definition) is 5. The van der Waals surface area contributed by atoms with Gasteiger partial charge in [-0.3, -0.25) is 4.79 Å². The lowest BCUT2D eigenvalue weighted by Crippen LogP contribution is -2.64. The fourth-order valence-corrected chi connectivity index (χ4v) is 12.4. The summed E-state index contributed by atoms with van der Waals surface area (Å²) in [5.74, 6) is 52.2. The highest BCUT2D eigenvalue weighted by Crippen LogP contribution is 2.43. The summed E-state index contributed by atoms with van der Waals surface area (Å²) < 4.78 is 47.7. The lowest BCUT2D eigenvalue weighted by Gasteiger charge is -2.48. The second kappa shape index (κ2) is 37.7. The first kappa shape index (κ1) is 77.9. The van der Waals surface area contributed by atoms with E-state index in [1.807, 2.05) is 13.1 Å². The summed E-state index contributed by atoms with van der Waals surface area (Å²) in [7, 11) is -8.20. The van der Waals surface area contributed by atoms with E-state index in [9.17, 15) is 20.4 Å². The van der Waals surface area contributed by atoms with Crippen molar-refractivity contribution in [1.29, 1.82) is 0 Å². The van der Waals surface area contributed by atoms with Gasteiger partial charge in [-0.1, -0.05) is 152 Å². The maximum absolute atomic E-state index is 15.9. The number of hydrogen-bond acceptors (Lipinski definition) is 12. The first-order valence-electron chi connectivity index (χ1n) is 30.7. The highest BCUT2D eigenvalue weighted by molar-refractivity contribution is 6.75. The van der Waals surface area contributed by atoms with E-state index in [1.165, 1.54) is 51.4 Å². The van der Waals surface area contributed by atoms with Gasteiger partial charge in [-0.05, 0) is 169 Å². The van der Waals surface area contributed by atoms with Crippen molar-refractivity contribution < 1.29 is 57.4 Å². The maximum atomic E-state index is 15.9. The van der Waals surface area contributed by atoms with E-state index in [2.05, 4.69) is 225 Å². The minimum absolute atomic E-state index is 0.207. The second-order valence-electron chi connectivity index (χ2n) is 27.1. The average Bonchev–Trinajstić information content (AvgIpc) is 2.96. The number of amides is 1. The molecule has 0 aromatic carbocycles. The Hall–Kier alpha value is -5.16. The topological polar surface area (TPSA) is 175 Å². The molecular formula is C71H101NO12Si3. The largest absolute Gasteiger partial charge is 0.411 e. The van der Waals surface area contributed by atoms with E-state index in [0.29, 0.717) is 6.42 Å². The molecule has 5 N–H and O–H groups in total. The van der Waals surface area contributed by atoms with E-state index < -0.39 is 111 Å². The van der Waals surface area contributed by atoms with Gasteiger partial charge in [-0.2, -0.15) is 0 Å². The van der Waals surface area contributed by atoms with Crippen molar-refractivity contribution >= 4 is 30.9 Å². The van der Waals surface area contributed by atoms with Crippen LogP contribution in [0.2, 0.25) is 54.4 Å². The predicted octanol–water partition coefficient (Wildman–Crippen LogP) is 9.74. The molecule has 5 unspecified atom stereocenters. The van der Waals surface area contributed by atoms with E-state index in [1.54, 1.807) is 13.8 Å². The molecule has 2 aliphatic rings. The summed E-state index contributed by atoms with van der Waals surface area (Å²) in [6.07, 6.45) is 7.28. The number of carbonyl (C=O) groups excluding carboxylic acids is 1. The summed E-state index contributed by atoms with van der Waals surface area (Å²) in [6, 6.07) is -1.01. The van der Waals surface area contributed by atoms with Gasteiger partial charge in [0.15, 0.2) is 49.2 Å². The highest BCUT2D eigenvalue weighted by Gasteiger charge is 2.54. The number of nitrogens with one attached hydrogen (secondary N) is 1. The average molecular weight is 1240 g/mol. The van der Waals surface area contributed by atoms with Gasteiger partial charge < -0.3 is 58.0 Å². The molecule has 0 radical (unpaired) electrons. The van der Waals surface area contributed by atoms with Crippen LogP contribution in [0.25, 0.3) is 0 Å². The van der Waals surface area contributed by atoms with Gasteiger partial charge in [0, 0.05) is 23.7 Å². The first-order valence-corrected chi connectivity index (χ1v) is 39.5. The van der Waals surface area contributed by atoms with Gasteiger partial charge in [0.05, 0.1) is 31.5 Å². The van der Waals surface area contributed by atoms with Crippen LogP contribution < -0.4 is 5.32 Å². The van der Waals surface area contributed by atoms with Crippen LogP contribution in [-0.4, -0.2) is 138 Å². The Morgan fingerprint density at radius 1 is 0.563 bits per heavy atom. The zero-order valence-corrected chi connectivity index (χ0v) is 58.6. The molecule has 474 valence electrons. The summed E-state index contributed by atoms with van der Waals surface area (Å²) in [4.78, 5) is 15.9. The summed E-state index contributed by atoms with van der Waals surface area (Å²) in [5, 5.41) is 45.7. The standard InChI is InChI=1S/C71H101NO12Si3/c1-20-22-24-26-28-30-32-34-35-36-37-38-39-40-41-43-44-46-48-50-52-57-64(81-71(12,13)80-57)65(84-87(18,19)70(9,10)11)66(77)72-56(55-78-67-62(76)61(75)60(74)59(54-73)79-67)63(83-86(16,17)69(6,7)8)58(82-85(14,15)68(3,4)5)53-51-49-47-45-42-33-31-29-27-25-23-21-2/h1,56-65,67,73-76H,21,23,25,27,29,31,33,42,45,47,49,51,53-55H2,2-19H3,(H,72,77)/t56-,57+,58+,59?,60?,61?,62?,63-,64+,65+,67?/m0/s1. The van der Waals surface area contributed by atoms with Crippen LogP contribution in [0.1, 0.15) is 167 Å². The van der Waals surface area contributed by atoms with E-state index >= 15 is 4.79 Å². The van der Waals surface area contributed by atoms with E-state index in [-0.39, 0.29) is 21.7 Å². The van der Waals surface area contributed by atoms with Crippen molar-refractivity contribution in [2.45, 2.75) is 294 Å². The smallest absolute Gasteiger partial charge is 0.251 e. The van der Waals surface area contributed by atoms with Crippen LogP contribution >= 0.6 is 0 Å². The molecule has 1 amide bonds. The minimum atomic E-state index is -2.84. The fourth-order valence-electron chi connectivity index (χ4n) is 8.41. The Morgan fingerprint density at radius 2 is 0.966 bits per heavy atom. The lowest BCUT2D eigenvalue weighted by molar-refractivity contribution is -0.303.